The summed E-state index contributed by atoms with van der Waals surface area (Å²) < 4.78 is 2.13. The zero-order valence-electron chi connectivity index (χ0n) is 14.5. The normalized spacial score (nSPS) is 15.8. The molecule has 3 heterocycles. The number of piperidine rings is 1. The lowest BCUT2D eigenvalue weighted by Gasteiger charge is -2.34. The number of anilines is 1. The SMILES string of the molecule is Clc1ccn2c1cnc1c(N3CCC(c4ccccc4)CC3)cccc12. The quantitative estimate of drug-likeness (QED) is 0.468. The summed E-state index contributed by atoms with van der Waals surface area (Å²) in [6.07, 6.45) is 6.26. The van der Waals surface area contributed by atoms with Gasteiger partial charge in [0.2, 0.25) is 0 Å². The molecule has 130 valence electrons. The molecule has 0 atom stereocenters. The van der Waals surface area contributed by atoms with E-state index in [2.05, 4.69) is 57.8 Å². The standard InChI is InChI=1S/C22H20ClN3/c23-18-11-14-26-20-8-4-7-19(22(20)24-15-21(18)26)25-12-9-17(10-13-25)16-5-2-1-3-6-16/h1-8,11,14-15,17H,9-10,12-13H2. The minimum atomic E-state index is 0.658. The van der Waals surface area contributed by atoms with Crippen LogP contribution in [0.25, 0.3) is 16.6 Å². The first-order valence-electron chi connectivity index (χ1n) is 9.15. The Morgan fingerprint density at radius 1 is 0.885 bits per heavy atom. The molecular formula is C22H20ClN3. The summed E-state index contributed by atoms with van der Waals surface area (Å²) in [4.78, 5) is 7.23. The fourth-order valence-electron chi connectivity index (χ4n) is 4.16. The minimum Gasteiger partial charge on any atom is -0.370 e. The summed E-state index contributed by atoms with van der Waals surface area (Å²) in [5.41, 5.74) is 5.80. The Balaban J connectivity index is 1.47. The van der Waals surface area contributed by atoms with Gasteiger partial charge in [-0.25, -0.2) is 0 Å². The Hall–Kier alpha value is -2.52. The zero-order chi connectivity index (χ0) is 17.5. The van der Waals surface area contributed by atoms with E-state index in [4.69, 9.17) is 16.6 Å². The number of hydrogen-bond acceptors (Lipinski definition) is 2. The molecule has 2 aromatic heterocycles. The third-order valence-corrected chi connectivity index (χ3v) is 5.87. The number of hydrogen-bond donors (Lipinski definition) is 0. The van der Waals surface area contributed by atoms with Crippen molar-refractivity contribution >= 4 is 33.8 Å². The van der Waals surface area contributed by atoms with E-state index >= 15 is 0 Å². The molecule has 5 rings (SSSR count). The van der Waals surface area contributed by atoms with Gasteiger partial charge in [-0.05, 0) is 42.5 Å². The van der Waals surface area contributed by atoms with Gasteiger partial charge in [0.15, 0.2) is 0 Å². The fourth-order valence-corrected chi connectivity index (χ4v) is 4.36. The number of rotatable bonds is 2. The van der Waals surface area contributed by atoms with Crippen molar-refractivity contribution in [3.63, 3.8) is 0 Å². The van der Waals surface area contributed by atoms with E-state index in [0.717, 1.165) is 34.7 Å². The second-order valence-electron chi connectivity index (χ2n) is 6.99. The lowest BCUT2D eigenvalue weighted by atomic mass is 9.89. The van der Waals surface area contributed by atoms with Crippen LogP contribution in [0.4, 0.5) is 5.69 Å². The maximum absolute atomic E-state index is 6.26. The third-order valence-electron chi connectivity index (χ3n) is 5.55. The lowest BCUT2D eigenvalue weighted by Crippen LogP contribution is -2.33. The molecule has 1 aliphatic rings. The lowest BCUT2D eigenvalue weighted by molar-refractivity contribution is 0.506. The second kappa shape index (κ2) is 6.33. The van der Waals surface area contributed by atoms with Crippen molar-refractivity contribution in [2.75, 3.05) is 18.0 Å². The van der Waals surface area contributed by atoms with Gasteiger partial charge in [0.25, 0.3) is 0 Å². The highest BCUT2D eigenvalue weighted by Crippen LogP contribution is 2.34. The molecule has 1 aliphatic heterocycles. The maximum atomic E-state index is 6.26. The van der Waals surface area contributed by atoms with E-state index in [1.165, 1.54) is 24.1 Å². The van der Waals surface area contributed by atoms with Crippen LogP contribution in [0.5, 0.6) is 0 Å². The molecule has 3 nitrogen and oxygen atoms in total. The Kier molecular flexibility index (Phi) is 3.83. The fraction of sp³-hybridized carbons (Fsp3) is 0.227. The number of nitrogens with zero attached hydrogens (tertiary/aromatic N) is 3. The Morgan fingerprint density at radius 3 is 2.50 bits per heavy atom. The average molecular weight is 362 g/mol. The summed E-state index contributed by atoms with van der Waals surface area (Å²) in [7, 11) is 0. The van der Waals surface area contributed by atoms with Crippen molar-refractivity contribution in [3.05, 3.63) is 77.6 Å². The van der Waals surface area contributed by atoms with Crippen LogP contribution in [0, 0.1) is 0 Å². The van der Waals surface area contributed by atoms with Crippen LogP contribution in [0.1, 0.15) is 24.3 Å². The molecule has 0 unspecified atom stereocenters. The molecule has 4 aromatic rings. The van der Waals surface area contributed by atoms with Crippen molar-refractivity contribution in [2.45, 2.75) is 18.8 Å². The van der Waals surface area contributed by atoms with Crippen molar-refractivity contribution in [2.24, 2.45) is 0 Å². The third kappa shape index (κ3) is 2.55. The van der Waals surface area contributed by atoms with Gasteiger partial charge in [-0.3, -0.25) is 4.98 Å². The van der Waals surface area contributed by atoms with Crippen LogP contribution in [0.3, 0.4) is 0 Å². The maximum Gasteiger partial charge on any atom is 0.110 e. The van der Waals surface area contributed by atoms with Gasteiger partial charge >= 0.3 is 0 Å². The number of aromatic nitrogens is 2. The molecule has 0 N–H and O–H groups in total. The van der Waals surface area contributed by atoms with E-state index in [1.54, 1.807) is 0 Å². The molecule has 26 heavy (non-hydrogen) atoms. The first-order chi connectivity index (χ1) is 12.8. The number of para-hydroxylation sites is 1. The first-order valence-corrected chi connectivity index (χ1v) is 9.53. The molecule has 0 amide bonds. The molecule has 0 saturated carbocycles. The molecule has 2 aromatic carbocycles. The molecule has 1 saturated heterocycles. The summed E-state index contributed by atoms with van der Waals surface area (Å²) in [5.74, 6) is 0.658. The van der Waals surface area contributed by atoms with Crippen molar-refractivity contribution in [3.8, 4) is 0 Å². The summed E-state index contributed by atoms with van der Waals surface area (Å²) >= 11 is 6.26. The predicted molar refractivity (Wildman–Crippen MR) is 108 cm³/mol. The molecule has 0 bridgehead atoms. The van der Waals surface area contributed by atoms with Crippen LogP contribution in [0.15, 0.2) is 67.0 Å². The van der Waals surface area contributed by atoms with Crippen molar-refractivity contribution < 1.29 is 0 Å². The van der Waals surface area contributed by atoms with Crippen molar-refractivity contribution in [1.82, 2.24) is 9.38 Å². The van der Waals surface area contributed by atoms with E-state index in [9.17, 15) is 0 Å². The van der Waals surface area contributed by atoms with Crippen molar-refractivity contribution in [1.29, 1.82) is 0 Å². The molecule has 0 radical (unpaired) electrons. The monoisotopic (exact) mass is 361 g/mol. The summed E-state index contributed by atoms with van der Waals surface area (Å²) in [5, 5.41) is 0.744. The van der Waals surface area contributed by atoms with Gasteiger partial charge in [-0.2, -0.15) is 0 Å². The number of benzene rings is 2. The molecule has 4 heteroatoms. The van der Waals surface area contributed by atoms with Crippen LogP contribution >= 0.6 is 11.6 Å². The van der Waals surface area contributed by atoms with Gasteiger partial charge in [0, 0.05) is 19.3 Å². The van der Waals surface area contributed by atoms with Crippen LogP contribution < -0.4 is 4.90 Å². The zero-order valence-corrected chi connectivity index (χ0v) is 15.2. The van der Waals surface area contributed by atoms with Gasteiger partial charge in [-0.15, -0.1) is 0 Å². The predicted octanol–water partition coefficient (Wildman–Crippen LogP) is 5.52. The van der Waals surface area contributed by atoms with E-state index in [0.29, 0.717) is 5.92 Å². The van der Waals surface area contributed by atoms with Crippen LogP contribution in [-0.2, 0) is 0 Å². The summed E-state index contributed by atoms with van der Waals surface area (Å²) in [6, 6.07) is 19.2. The topological polar surface area (TPSA) is 20.5 Å². The molecule has 0 spiro atoms. The Morgan fingerprint density at radius 2 is 1.69 bits per heavy atom. The first kappa shape index (κ1) is 15.7. The molecule has 1 fully saturated rings. The number of halogens is 1. The second-order valence-corrected chi connectivity index (χ2v) is 7.40. The van der Waals surface area contributed by atoms with E-state index in [-0.39, 0.29) is 0 Å². The summed E-state index contributed by atoms with van der Waals surface area (Å²) in [6.45, 7) is 2.12. The van der Waals surface area contributed by atoms with Crippen LogP contribution in [0.2, 0.25) is 5.02 Å². The highest BCUT2D eigenvalue weighted by atomic mass is 35.5. The van der Waals surface area contributed by atoms with Gasteiger partial charge in [0.05, 0.1) is 27.9 Å². The van der Waals surface area contributed by atoms with Gasteiger partial charge < -0.3 is 9.30 Å². The largest absolute Gasteiger partial charge is 0.370 e. The Bertz CT molecular complexity index is 1060. The van der Waals surface area contributed by atoms with Gasteiger partial charge in [-0.1, -0.05) is 48.0 Å². The minimum absolute atomic E-state index is 0.658. The molecular weight excluding hydrogens is 342 g/mol. The average Bonchev–Trinajstić information content (AvgIpc) is 3.10. The molecule has 0 aliphatic carbocycles. The van der Waals surface area contributed by atoms with Gasteiger partial charge in [0.1, 0.15) is 5.52 Å². The highest BCUT2D eigenvalue weighted by molar-refractivity contribution is 6.34. The smallest absolute Gasteiger partial charge is 0.110 e. The Labute approximate surface area is 157 Å². The van der Waals surface area contributed by atoms with E-state index in [1.807, 2.05) is 18.5 Å². The van der Waals surface area contributed by atoms with Crippen LogP contribution in [-0.4, -0.2) is 22.5 Å². The highest BCUT2D eigenvalue weighted by Gasteiger charge is 2.22. The van der Waals surface area contributed by atoms with E-state index < -0.39 is 0 Å². The number of fused-ring (bicyclic) bond motifs is 3.